The summed E-state index contributed by atoms with van der Waals surface area (Å²) < 4.78 is 73.8. The highest BCUT2D eigenvalue weighted by Crippen LogP contribution is 2.41. The van der Waals surface area contributed by atoms with Crippen LogP contribution in [0.1, 0.15) is 18.4 Å². The van der Waals surface area contributed by atoms with Gasteiger partial charge in [-0.05, 0) is 60.0 Å². The topological polar surface area (TPSA) is 83.9 Å². The second kappa shape index (κ2) is 9.43. The Morgan fingerprint density at radius 3 is 2.46 bits per heavy atom. The van der Waals surface area contributed by atoms with Crippen LogP contribution in [0.25, 0.3) is 11.1 Å². The Hall–Kier alpha value is -3.24. The van der Waals surface area contributed by atoms with E-state index < -0.39 is 38.7 Å². The lowest BCUT2D eigenvalue weighted by Crippen LogP contribution is -2.43. The molecule has 0 radical (unpaired) electrons. The van der Waals surface area contributed by atoms with Crippen molar-refractivity contribution in [1.82, 2.24) is 0 Å². The van der Waals surface area contributed by atoms with Crippen LogP contribution in [0.15, 0.2) is 71.6 Å². The van der Waals surface area contributed by atoms with E-state index in [1.54, 1.807) is 42.5 Å². The molecule has 0 bridgehead atoms. The van der Waals surface area contributed by atoms with Gasteiger partial charge in [-0.2, -0.15) is 13.2 Å². The first kappa shape index (κ1) is 24.9. The van der Waals surface area contributed by atoms with Gasteiger partial charge in [-0.3, -0.25) is 9.10 Å². The summed E-state index contributed by atoms with van der Waals surface area (Å²) in [6, 6.07) is 15.2. The van der Waals surface area contributed by atoms with Crippen LogP contribution < -0.4 is 9.04 Å². The summed E-state index contributed by atoms with van der Waals surface area (Å²) >= 11 is 6.08. The molecule has 3 aromatic carbocycles. The lowest BCUT2D eigenvalue weighted by Gasteiger charge is -2.36. The Bertz CT molecular complexity index is 1380. The molecule has 6 nitrogen and oxygen atoms in total. The third kappa shape index (κ3) is 5.38. The van der Waals surface area contributed by atoms with E-state index in [0.29, 0.717) is 22.2 Å². The number of anilines is 1. The van der Waals surface area contributed by atoms with E-state index in [2.05, 4.69) is 0 Å². The molecular weight excluding hydrogens is 507 g/mol. The average Bonchev–Trinajstić information content (AvgIpc) is 2.81. The molecular formula is C24H19ClF3NO5S. The van der Waals surface area contributed by atoms with Crippen LogP contribution in [0.2, 0.25) is 5.02 Å². The minimum Gasteiger partial charge on any atom is -0.486 e. The van der Waals surface area contributed by atoms with Crippen LogP contribution in [0.3, 0.4) is 0 Å². The predicted molar refractivity (Wildman–Crippen MR) is 124 cm³/mol. The molecule has 0 unspecified atom stereocenters. The lowest BCUT2D eigenvalue weighted by molar-refractivity contribution is -0.138. The minimum atomic E-state index is -4.72. The molecule has 0 saturated carbocycles. The molecule has 4 rings (SSSR count). The largest absolute Gasteiger partial charge is 0.486 e. The number of aliphatic carboxylic acids is 1. The minimum absolute atomic E-state index is 0.0133. The van der Waals surface area contributed by atoms with Gasteiger partial charge >= 0.3 is 12.1 Å². The number of hydrogen-bond acceptors (Lipinski definition) is 4. The molecule has 1 aliphatic heterocycles. The summed E-state index contributed by atoms with van der Waals surface area (Å²) in [5.41, 5.74) is 0.349. The third-order valence-corrected chi connectivity index (χ3v) is 7.49. The first-order valence-corrected chi connectivity index (χ1v) is 12.3. The van der Waals surface area contributed by atoms with Gasteiger partial charge in [-0.15, -0.1) is 0 Å². The number of carboxylic acids is 1. The smallest absolute Gasteiger partial charge is 0.416 e. The summed E-state index contributed by atoms with van der Waals surface area (Å²) in [5, 5.41) is 9.50. The highest BCUT2D eigenvalue weighted by molar-refractivity contribution is 7.92. The van der Waals surface area contributed by atoms with Crippen LogP contribution in [0.5, 0.6) is 5.75 Å². The summed E-state index contributed by atoms with van der Waals surface area (Å²) in [7, 11) is -4.46. The van der Waals surface area contributed by atoms with Gasteiger partial charge in [0.05, 0.1) is 22.7 Å². The predicted octanol–water partition coefficient (Wildman–Crippen LogP) is 5.85. The lowest BCUT2D eigenvalue weighted by atomic mass is 10.0. The zero-order valence-corrected chi connectivity index (χ0v) is 19.6. The fourth-order valence-corrected chi connectivity index (χ4v) is 5.52. The standard InChI is InChI=1S/C24H19ClF3NO5S/c25-18-5-1-3-15(11-18)16-7-9-22-21(12-16)29(14-19(34-22)8-10-23(30)31)35(32,33)20-6-2-4-17(13-20)24(26,27)28/h1-7,9,11-13,19H,8,10,14H2,(H,30,31)/t19-/m0/s1. The second-order valence-electron chi connectivity index (χ2n) is 7.93. The van der Waals surface area contributed by atoms with Crippen molar-refractivity contribution in [2.75, 3.05) is 10.8 Å². The van der Waals surface area contributed by atoms with E-state index in [9.17, 15) is 26.4 Å². The molecule has 1 atom stereocenters. The fraction of sp³-hybridized carbons (Fsp3) is 0.208. The number of nitrogens with zero attached hydrogens (tertiary/aromatic N) is 1. The van der Waals surface area contributed by atoms with Crippen molar-refractivity contribution in [3.8, 4) is 16.9 Å². The molecule has 3 aromatic rings. The van der Waals surface area contributed by atoms with E-state index in [-0.39, 0.29) is 30.8 Å². The molecule has 1 N–H and O–H groups in total. The highest BCUT2D eigenvalue weighted by Gasteiger charge is 2.37. The van der Waals surface area contributed by atoms with E-state index in [1.807, 2.05) is 0 Å². The normalized spacial score (nSPS) is 15.9. The Balaban J connectivity index is 1.81. The first-order valence-electron chi connectivity index (χ1n) is 10.4. The van der Waals surface area contributed by atoms with Crippen molar-refractivity contribution in [3.63, 3.8) is 0 Å². The molecule has 0 spiro atoms. The van der Waals surface area contributed by atoms with Crippen LogP contribution in [-0.2, 0) is 21.0 Å². The highest BCUT2D eigenvalue weighted by atomic mass is 35.5. The van der Waals surface area contributed by atoms with Gasteiger partial charge in [0.25, 0.3) is 10.0 Å². The quantitative estimate of drug-likeness (QED) is 0.436. The Morgan fingerprint density at radius 2 is 1.77 bits per heavy atom. The summed E-state index contributed by atoms with van der Waals surface area (Å²) in [6.07, 6.45) is -5.79. The third-order valence-electron chi connectivity index (χ3n) is 5.48. The van der Waals surface area contributed by atoms with Crippen molar-refractivity contribution < 1.29 is 36.2 Å². The SMILES string of the molecule is O=C(O)CC[C@H]1CN(S(=O)(=O)c2cccc(C(F)(F)F)c2)c2cc(-c3cccc(Cl)c3)ccc2O1. The van der Waals surface area contributed by atoms with E-state index >= 15 is 0 Å². The van der Waals surface area contributed by atoms with Crippen molar-refractivity contribution in [3.05, 3.63) is 77.3 Å². The monoisotopic (exact) mass is 525 g/mol. The maximum absolute atomic E-state index is 13.6. The summed E-state index contributed by atoms with van der Waals surface area (Å²) in [6.45, 7) is -0.266. The molecule has 0 fully saturated rings. The average molecular weight is 526 g/mol. The second-order valence-corrected chi connectivity index (χ2v) is 10.2. The molecule has 11 heteroatoms. The molecule has 0 amide bonds. The maximum Gasteiger partial charge on any atom is 0.416 e. The number of carboxylic acid groups (broad SMARTS) is 1. The van der Waals surface area contributed by atoms with Crippen LogP contribution >= 0.6 is 11.6 Å². The zero-order chi connectivity index (χ0) is 25.4. The number of sulfonamides is 1. The number of carbonyl (C=O) groups is 1. The number of fused-ring (bicyclic) bond motifs is 1. The number of alkyl halides is 3. The van der Waals surface area contributed by atoms with Gasteiger partial charge in [0, 0.05) is 11.4 Å². The van der Waals surface area contributed by atoms with Crippen LogP contribution in [0.4, 0.5) is 18.9 Å². The molecule has 1 aliphatic rings. The fourth-order valence-electron chi connectivity index (χ4n) is 3.78. The van der Waals surface area contributed by atoms with Gasteiger partial charge in [-0.25, -0.2) is 8.42 Å². The van der Waals surface area contributed by atoms with Crippen LogP contribution in [0, 0.1) is 0 Å². The molecule has 0 saturated heterocycles. The molecule has 1 heterocycles. The summed E-state index contributed by atoms with van der Waals surface area (Å²) in [4.78, 5) is 10.5. The van der Waals surface area contributed by atoms with Gasteiger partial charge in [0.1, 0.15) is 11.9 Å². The van der Waals surface area contributed by atoms with Crippen LogP contribution in [-0.4, -0.2) is 32.1 Å². The van der Waals surface area contributed by atoms with Crippen molar-refractivity contribution in [2.24, 2.45) is 0 Å². The molecule has 35 heavy (non-hydrogen) atoms. The van der Waals surface area contributed by atoms with Crippen molar-refractivity contribution >= 4 is 33.3 Å². The van der Waals surface area contributed by atoms with Crippen molar-refractivity contribution in [1.29, 1.82) is 0 Å². The van der Waals surface area contributed by atoms with Gasteiger partial charge in [0.2, 0.25) is 0 Å². The molecule has 0 aliphatic carbocycles. The van der Waals surface area contributed by atoms with Gasteiger partial charge in [-0.1, -0.05) is 35.9 Å². The van der Waals surface area contributed by atoms with E-state index in [0.717, 1.165) is 22.5 Å². The number of ether oxygens (including phenoxy) is 1. The van der Waals surface area contributed by atoms with E-state index in [1.165, 1.54) is 0 Å². The Kier molecular flexibility index (Phi) is 6.70. The van der Waals surface area contributed by atoms with Gasteiger partial charge in [0.15, 0.2) is 0 Å². The van der Waals surface area contributed by atoms with Crippen molar-refractivity contribution in [2.45, 2.75) is 30.0 Å². The maximum atomic E-state index is 13.6. The Labute approximate surface area is 204 Å². The molecule has 184 valence electrons. The summed E-state index contributed by atoms with van der Waals surface area (Å²) in [5.74, 6) is -0.907. The van der Waals surface area contributed by atoms with E-state index in [4.69, 9.17) is 21.4 Å². The molecule has 0 aromatic heterocycles. The first-order chi connectivity index (χ1) is 16.4. The number of benzene rings is 3. The Morgan fingerprint density at radius 1 is 1.06 bits per heavy atom. The zero-order valence-electron chi connectivity index (χ0n) is 18.0. The van der Waals surface area contributed by atoms with Gasteiger partial charge < -0.3 is 9.84 Å². The number of hydrogen-bond donors (Lipinski definition) is 1. The number of rotatable bonds is 6. The number of halogens is 4.